The summed E-state index contributed by atoms with van der Waals surface area (Å²) in [5.41, 5.74) is 2.39. The van der Waals surface area contributed by atoms with E-state index in [0.29, 0.717) is 12.1 Å². The van der Waals surface area contributed by atoms with Crippen molar-refractivity contribution in [1.82, 2.24) is 0 Å². The number of carbonyl (C=O) groups excluding carboxylic acids is 1. The van der Waals surface area contributed by atoms with Gasteiger partial charge in [0.25, 0.3) is 5.91 Å². The second-order valence-corrected chi connectivity index (χ2v) is 6.06. The van der Waals surface area contributed by atoms with Crippen LogP contribution in [0.1, 0.15) is 11.1 Å². The first-order chi connectivity index (χ1) is 12.7. The van der Waals surface area contributed by atoms with Crippen LogP contribution in [0, 0.1) is 22.7 Å². The van der Waals surface area contributed by atoms with Gasteiger partial charge < -0.3 is 4.90 Å². The van der Waals surface area contributed by atoms with E-state index in [2.05, 4.69) is 6.07 Å². The quantitative estimate of drug-likeness (QED) is 0.521. The van der Waals surface area contributed by atoms with E-state index < -0.39 is 0 Å². The van der Waals surface area contributed by atoms with Gasteiger partial charge in [0, 0.05) is 5.56 Å². The number of amides is 1. The summed E-state index contributed by atoms with van der Waals surface area (Å²) in [4.78, 5) is 14.6. The number of allylic oxidation sites excluding steroid dienone is 1. The van der Waals surface area contributed by atoms with Crippen molar-refractivity contribution in [3.8, 4) is 12.1 Å². The largest absolute Gasteiger partial charge is 0.303 e. The van der Waals surface area contributed by atoms with Crippen molar-refractivity contribution >= 4 is 27.9 Å². The summed E-state index contributed by atoms with van der Waals surface area (Å²) in [6.45, 7) is 0.383. The molecule has 3 aromatic carbocycles. The highest BCUT2D eigenvalue weighted by atomic mass is 16.2. The molecule has 1 aliphatic rings. The number of para-hydroxylation sites is 1. The third-order valence-electron chi connectivity index (χ3n) is 4.55. The van der Waals surface area contributed by atoms with Crippen LogP contribution in [0.25, 0.3) is 16.3 Å². The normalized spacial score (nSPS) is 12.6. The Balaban J connectivity index is 1.79. The first-order valence-corrected chi connectivity index (χ1v) is 8.16. The molecule has 1 heterocycles. The van der Waals surface area contributed by atoms with Crippen LogP contribution in [0.3, 0.4) is 0 Å². The molecule has 0 unspecified atom stereocenters. The van der Waals surface area contributed by atoms with Crippen molar-refractivity contribution < 1.29 is 4.79 Å². The first kappa shape index (κ1) is 15.6. The predicted molar refractivity (Wildman–Crippen MR) is 99.7 cm³/mol. The Morgan fingerprint density at radius 2 is 1.58 bits per heavy atom. The Morgan fingerprint density at radius 1 is 0.885 bits per heavy atom. The Hall–Kier alpha value is -3.89. The molecular formula is C22H13N3O. The number of fused-ring (bicyclic) bond motifs is 2. The van der Waals surface area contributed by atoms with E-state index in [1.807, 2.05) is 60.7 Å². The van der Waals surface area contributed by atoms with Gasteiger partial charge in [0.1, 0.15) is 17.7 Å². The monoisotopic (exact) mass is 335 g/mol. The maximum atomic E-state index is 13.0. The fourth-order valence-electron chi connectivity index (χ4n) is 3.34. The van der Waals surface area contributed by atoms with Crippen molar-refractivity contribution in [2.75, 3.05) is 4.90 Å². The Bertz CT molecular complexity index is 1150. The lowest BCUT2D eigenvalue weighted by atomic mass is 10.0. The number of rotatable bonds is 2. The van der Waals surface area contributed by atoms with Crippen molar-refractivity contribution in [1.29, 1.82) is 10.5 Å². The fourth-order valence-corrected chi connectivity index (χ4v) is 3.34. The molecule has 0 aliphatic carbocycles. The molecule has 0 radical (unpaired) electrons. The van der Waals surface area contributed by atoms with Gasteiger partial charge in [0.05, 0.1) is 17.8 Å². The van der Waals surface area contributed by atoms with Gasteiger partial charge in [-0.05, 0) is 28.5 Å². The molecule has 0 aromatic heterocycles. The minimum Gasteiger partial charge on any atom is -0.303 e. The fraction of sp³-hybridized carbons (Fsp3) is 0.0455. The van der Waals surface area contributed by atoms with E-state index in [9.17, 15) is 15.3 Å². The van der Waals surface area contributed by atoms with Gasteiger partial charge in [-0.1, -0.05) is 54.6 Å². The van der Waals surface area contributed by atoms with Crippen LogP contribution in [0.2, 0.25) is 0 Å². The molecule has 4 rings (SSSR count). The predicted octanol–water partition coefficient (Wildman–Crippen LogP) is 4.19. The van der Waals surface area contributed by atoms with Crippen LogP contribution < -0.4 is 4.90 Å². The van der Waals surface area contributed by atoms with Gasteiger partial charge in [-0.2, -0.15) is 10.5 Å². The van der Waals surface area contributed by atoms with Crippen LogP contribution in [-0.2, 0) is 11.3 Å². The number of nitrogens with zero attached hydrogens (tertiary/aromatic N) is 3. The average Bonchev–Trinajstić information content (AvgIpc) is 2.95. The molecule has 0 atom stereocenters. The van der Waals surface area contributed by atoms with E-state index in [-0.39, 0.29) is 17.1 Å². The van der Waals surface area contributed by atoms with Crippen LogP contribution in [-0.4, -0.2) is 5.91 Å². The van der Waals surface area contributed by atoms with Crippen molar-refractivity contribution in [3.63, 3.8) is 0 Å². The molecule has 1 amide bonds. The van der Waals surface area contributed by atoms with Gasteiger partial charge in [0.2, 0.25) is 0 Å². The molecular weight excluding hydrogens is 322 g/mol. The second kappa shape index (κ2) is 6.20. The zero-order valence-electron chi connectivity index (χ0n) is 13.8. The summed E-state index contributed by atoms with van der Waals surface area (Å²) in [7, 11) is 0. The Labute approximate surface area is 150 Å². The lowest BCUT2D eigenvalue weighted by Crippen LogP contribution is -2.26. The topological polar surface area (TPSA) is 67.9 Å². The lowest BCUT2D eigenvalue weighted by Gasteiger charge is -2.17. The summed E-state index contributed by atoms with van der Waals surface area (Å²) in [6, 6.07) is 25.1. The number of benzene rings is 3. The average molecular weight is 335 g/mol. The van der Waals surface area contributed by atoms with E-state index >= 15 is 0 Å². The maximum Gasteiger partial charge on any atom is 0.261 e. The number of hydrogen-bond donors (Lipinski definition) is 0. The smallest absolute Gasteiger partial charge is 0.261 e. The highest BCUT2D eigenvalue weighted by Gasteiger charge is 2.34. The molecule has 4 nitrogen and oxygen atoms in total. The maximum absolute atomic E-state index is 13.0. The zero-order valence-corrected chi connectivity index (χ0v) is 13.8. The summed E-state index contributed by atoms with van der Waals surface area (Å²) < 4.78 is 0. The molecule has 3 aromatic rings. The second-order valence-electron chi connectivity index (χ2n) is 6.06. The molecule has 0 bridgehead atoms. The van der Waals surface area contributed by atoms with Crippen LogP contribution in [0.4, 0.5) is 5.69 Å². The van der Waals surface area contributed by atoms with Crippen LogP contribution >= 0.6 is 0 Å². The highest BCUT2D eigenvalue weighted by Crippen LogP contribution is 2.39. The van der Waals surface area contributed by atoms with E-state index in [0.717, 1.165) is 22.0 Å². The van der Waals surface area contributed by atoms with Gasteiger partial charge in [-0.15, -0.1) is 0 Å². The summed E-state index contributed by atoms with van der Waals surface area (Å²) in [6.07, 6.45) is 0. The van der Waals surface area contributed by atoms with Crippen molar-refractivity contribution in [2.45, 2.75) is 6.54 Å². The van der Waals surface area contributed by atoms with E-state index in [1.54, 1.807) is 17.0 Å². The summed E-state index contributed by atoms with van der Waals surface area (Å²) in [5, 5.41) is 20.7. The number of nitriles is 2. The lowest BCUT2D eigenvalue weighted by molar-refractivity contribution is -0.113. The first-order valence-electron chi connectivity index (χ1n) is 8.16. The molecule has 26 heavy (non-hydrogen) atoms. The van der Waals surface area contributed by atoms with Gasteiger partial charge in [-0.3, -0.25) is 4.79 Å². The number of carbonyl (C=O) groups is 1. The van der Waals surface area contributed by atoms with Crippen molar-refractivity contribution in [2.24, 2.45) is 0 Å². The SMILES string of the molecule is N#CC(C#N)=C1C(=O)N(Cc2ccc3ccccc3c2)c2ccccc21. The van der Waals surface area contributed by atoms with E-state index in [1.165, 1.54) is 0 Å². The van der Waals surface area contributed by atoms with Crippen LogP contribution in [0.15, 0.2) is 72.3 Å². The Morgan fingerprint density at radius 3 is 2.35 bits per heavy atom. The molecule has 0 saturated carbocycles. The molecule has 1 aliphatic heterocycles. The summed E-state index contributed by atoms with van der Waals surface area (Å²) >= 11 is 0. The molecule has 0 N–H and O–H groups in total. The zero-order chi connectivity index (χ0) is 18.1. The van der Waals surface area contributed by atoms with Gasteiger partial charge >= 0.3 is 0 Å². The van der Waals surface area contributed by atoms with Gasteiger partial charge in [-0.25, -0.2) is 0 Å². The van der Waals surface area contributed by atoms with Crippen LogP contribution in [0.5, 0.6) is 0 Å². The minimum atomic E-state index is -0.308. The number of anilines is 1. The Kier molecular flexibility index (Phi) is 3.73. The van der Waals surface area contributed by atoms with Gasteiger partial charge in [0.15, 0.2) is 0 Å². The third kappa shape index (κ3) is 2.42. The molecule has 0 saturated heterocycles. The number of hydrogen-bond acceptors (Lipinski definition) is 3. The van der Waals surface area contributed by atoms with E-state index in [4.69, 9.17) is 0 Å². The standard InChI is InChI=1S/C22H13N3O/c23-12-18(13-24)21-19-7-3-4-8-20(19)25(22(21)26)14-15-9-10-16-5-1-2-6-17(16)11-15/h1-11H,14H2. The highest BCUT2D eigenvalue weighted by molar-refractivity contribution is 6.34. The molecule has 4 heteroatoms. The molecule has 0 spiro atoms. The summed E-state index contributed by atoms with van der Waals surface area (Å²) in [5.74, 6) is -0.308. The molecule has 122 valence electrons. The third-order valence-corrected chi connectivity index (χ3v) is 4.55. The molecule has 0 fully saturated rings. The minimum absolute atomic E-state index is 0.150. The van der Waals surface area contributed by atoms with Crippen molar-refractivity contribution in [3.05, 3.63) is 83.4 Å².